The van der Waals surface area contributed by atoms with Crippen LogP contribution in [0, 0.1) is 30.4 Å². The quantitative estimate of drug-likeness (QED) is 0.141. The van der Waals surface area contributed by atoms with Crippen molar-refractivity contribution < 1.29 is 37.8 Å². The van der Waals surface area contributed by atoms with E-state index < -0.39 is 21.9 Å². The molecule has 0 bridgehead atoms. The van der Waals surface area contributed by atoms with Crippen molar-refractivity contribution in [3.05, 3.63) is 6.92 Å². The van der Waals surface area contributed by atoms with Gasteiger partial charge in [-0.2, -0.15) is 6.42 Å². The number of terminal acetylenes is 1. The SMILES string of the molecule is C#C[Si](C)(C)C.CC1(C)OCC(CCC#C[Si](C)(C)C)O1.CC1(C)OCC(CCI)O1.[CH2-]CCC.[Li+]. The van der Waals surface area contributed by atoms with E-state index in [0.717, 1.165) is 36.7 Å². The van der Waals surface area contributed by atoms with E-state index in [2.05, 4.69) is 92.7 Å². The summed E-state index contributed by atoms with van der Waals surface area (Å²) in [6, 6.07) is 0. The van der Waals surface area contributed by atoms with Gasteiger partial charge in [0.05, 0.1) is 25.4 Å². The molecule has 0 aliphatic carbocycles. The van der Waals surface area contributed by atoms with Gasteiger partial charge in [-0.3, -0.25) is 0 Å². The average Bonchev–Trinajstić information content (AvgIpc) is 3.25. The number of hydrogen-bond acceptors (Lipinski definition) is 4. The largest absolute Gasteiger partial charge is 1.00 e. The standard InChI is InChI=1S/C12H22O2Si.C7H13IO2.C5H10Si.C4H9.Li/c1-12(2)13-10-11(14-12)8-6-7-9-15(3,4)5;1-7(2)9-5-6(10-7)3-4-8;1-5-6(2,3)4;1-3-4-2;/h11H,6,8,10H2,1-5H3;6H,3-5H2,1-2H3;1H,2-4H3;1,3-4H2,2H3;/q;;;-1;+1. The third kappa shape index (κ3) is 27.7. The molecule has 0 aromatic carbocycles. The maximum Gasteiger partial charge on any atom is 1.00 e. The van der Waals surface area contributed by atoms with Crippen molar-refractivity contribution in [1.82, 2.24) is 0 Å². The molecule has 0 amide bonds. The monoisotopic (exact) mass is 644 g/mol. The van der Waals surface area contributed by atoms with E-state index in [1.54, 1.807) is 0 Å². The molecule has 2 aliphatic heterocycles. The number of ether oxygens (including phenoxy) is 4. The second kappa shape index (κ2) is 20.6. The molecule has 2 atom stereocenters. The van der Waals surface area contributed by atoms with Gasteiger partial charge in [-0.25, -0.2) is 0 Å². The summed E-state index contributed by atoms with van der Waals surface area (Å²) in [6.45, 7) is 28.3. The van der Waals surface area contributed by atoms with Gasteiger partial charge < -0.3 is 25.9 Å². The molecule has 2 aliphatic rings. The number of alkyl halides is 1. The van der Waals surface area contributed by atoms with Crippen LogP contribution in [0.5, 0.6) is 0 Å². The van der Waals surface area contributed by atoms with Crippen molar-refractivity contribution >= 4 is 38.7 Å². The number of hydrogen-bond donors (Lipinski definition) is 0. The molecule has 2 rings (SSSR count). The van der Waals surface area contributed by atoms with Gasteiger partial charge in [-0.05, 0) is 40.5 Å². The van der Waals surface area contributed by atoms with E-state index in [9.17, 15) is 0 Å². The molecule has 2 unspecified atom stereocenters. The van der Waals surface area contributed by atoms with Gasteiger partial charge >= 0.3 is 18.9 Å². The van der Waals surface area contributed by atoms with Crippen LogP contribution in [-0.4, -0.2) is 57.6 Å². The summed E-state index contributed by atoms with van der Waals surface area (Å²) >= 11 is 2.35. The van der Waals surface area contributed by atoms with Crippen LogP contribution in [0.1, 0.15) is 66.7 Å². The second-order valence-electron chi connectivity index (χ2n) is 11.7. The minimum atomic E-state index is -1.20. The van der Waals surface area contributed by atoms with Crippen LogP contribution in [0.15, 0.2) is 0 Å². The van der Waals surface area contributed by atoms with Gasteiger partial charge in [0, 0.05) is 10.8 Å². The normalized spacial score (nSPS) is 21.4. The molecule has 0 saturated carbocycles. The Bertz CT molecular complexity index is 654. The summed E-state index contributed by atoms with van der Waals surface area (Å²) in [5.74, 6) is 2.53. The Hall–Kier alpha value is 0.721. The van der Waals surface area contributed by atoms with E-state index in [0.29, 0.717) is 12.7 Å². The topological polar surface area (TPSA) is 36.9 Å². The molecular formula is C28H54ILiO4Si2. The van der Waals surface area contributed by atoms with Crippen LogP contribution in [0.2, 0.25) is 39.3 Å². The van der Waals surface area contributed by atoms with Crippen molar-refractivity contribution in [1.29, 1.82) is 0 Å². The van der Waals surface area contributed by atoms with Gasteiger partial charge in [-0.15, -0.1) is 23.4 Å². The Labute approximate surface area is 252 Å². The van der Waals surface area contributed by atoms with Crippen LogP contribution < -0.4 is 18.9 Å². The smallest absolute Gasteiger partial charge is 0.348 e. The Balaban J connectivity index is -0.000000449. The predicted molar refractivity (Wildman–Crippen MR) is 166 cm³/mol. The fraction of sp³-hybridized carbons (Fsp3) is 0.821. The fourth-order valence-electron chi connectivity index (χ4n) is 2.49. The zero-order valence-corrected chi connectivity index (χ0v) is 29.8. The summed E-state index contributed by atoms with van der Waals surface area (Å²) in [7, 11) is -2.30. The Morgan fingerprint density at radius 1 is 0.889 bits per heavy atom. The van der Waals surface area contributed by atoms with Gasteiger partial charge in [0.2, 0.25) is 0 Å². The molecule has 206 valence electrons. The van der Waals surface area contributed by atoms with Gasteiger partial charge in [0.1, 0.15) is 16.1 Å². The molecule has 0 spiro atoms. The first kappa shape index (κ1) is 41.2. The van der Waals surface area contributed by atoms with Crippen LogP contribution in [-0.2, 0) is 18.9 Å². The van der Waals surface area contributed by atoms with E-state index in [4.69, 9.17) is 25.4 Å². The van der Waals surface area contributed by atoms with Crippen LogP contribution in [0.3, 0.4) is 0 Å². The maximum absolute atomic E-state index is 5.70. The first-order chi connectivity index (χ1) is 15.9. The molecule has 8 heteroatoms. The molecule has 4 nitrogen and oxygen atoms in total. The third-order valence-electron chi connectivity index (χ3n) is 4.41. The molecule has 0 aromatic rings. The maximum atomic E-state index is 5.70. The van der Waals surface area contributed by atoms with Crippen molar-refractivity contribution in [2.75, 3.05) is 17.6 Å². The van der Waals surface area contributed by atoms with Crippen LogP contribution in [0.4, 0.5) is 0 Å². The zero-order chi connectivity index (χ0) is 27.8. The summed E-state index contributed by atoms with van der Waals surface area (Å²) in [6.07, 6.45) is 11.0. The van der Waals surface area contributed by atoms with Crippen molar-refractivity contribution in [3.63, 3.8) is 0 Å². The molecule has 0 aromatic heterocycles. The predicted octanol–water partition coefficient (Wildman–Crippen LogP) is 4.88. The first-order valence-corrected chi connectivity index (χ1v) is 21.4. The second-order valence-corrected chi connectivity index (χ2v) is 22.3. The number of unbranched alkanes of at least 4 members (excludes halogenated alkanes) is 1. The van der Waals surface area contributed by atoms with Crippen LogP contribution in [0.25, 0.3) is 0 Å². The number of rotatable bonds is 5. The zero-order valence-electron chi connectivity index (χ0n) is 25.6. The van der Waals surface area contributed by atoms with Gasteiger partial charge in [0.15, 0.2) is 11.6 Å². The van der Waals surface area contributed by atoms with Crippen molar-refractivity contribution in [2.45, 2.75) is 130 Å². The summed E-state index contributed by atoms with van der Waals surface area (Å²) in [4.78, 5) is 0. The molecule has 0 radical (unpaired) electrons. The molecular weight excluding hydrogens is 590 g/mol. The molecule has 2 fully saturated rings. The van der Waals surface area contributed by atoms with E-state index in [-0.39, 0.29) is 30.8 Å². The average molecular weight is 645 g/mol. The summed E-state index contributed by atoms with van der Waals surface area (Å²) in [5.41, 5.74) is 6.10. The van der Waals surface area contributed by atoms with E-state index in [1.807, 2.05) is 27.7 Å². The van der Waals surface area contributed by atoms with E-state index >= 15 is 0 Å². The molecule has 0 N–H and O–H groups in total. The third-order valence-corrected chi connectivity index (χ3v) is 6.82. The van der Waals surface area contributed by atoms with Crippen LogP contribution >= 0.6 is 22.6 Å². The van der Waals surface area contributed by atoms with Crippen molar-refractivity contribution in [3.8, 4) is 23.4 Å². The van der Waals surface area contributed by atoms with Crippen molar-refractivity contribution in [2.24, 2.45) is 0 Å². The Morgan fingerprint density at radius 2 is 1.28 bits per heavy atom. The molecule has 2 heterocycles. The summed E-state index contributed by atoms with van der Waals surface area (Å²) < 4.78 is 23.3. The first-order valence-electron chi connectivity index (χ1n) is 12.9. The molecule has 36 heavy (non-hydrogen) atoms. The summed E-state index contributed by atoms with van der Waals surface area (Å²) in [5, 5.41) is 0. The Kier molecular flexibility index (Phi) is 23.6. The van der Waals surface area contributed by atoms with Gasteiger partial charge in [-0.1, -0.05) is 75.2 Å². The van der Waals surface area contributed by atoms with E-state index in [1.165, 1.54) is 6.42 Å². The molecule has 2 saturated heterocycles. The minimum absolute atomic E-state index is 0. The van der Waals surface area contributed by atoms with Gasteiger partial charge in [0.25, 0.3) is 0 Å². The Morgan fingerprint density at radius 3 is 1.53 bits per heavy atom. The fourth-order valence-corrected chi connectivity index (χ4v) is 3.84. The number of halogens is 1. The minimum Gasteiger partial charge on any atom is -0.348 e.